The van der Waals surface area contributed by atoms with Crippen molar-refractivity contribution < 1.29 is 4.42 Å². The first-order valence-corrected chi connectivity index (χ1v) is 5.17. The van der Waals surface area contributed by atoms with Crippen LogP contribution in [0.5, 0.6) is 0 Å². The van der Waals surface area contributed by atoms with Crippen molar-refractivity contribution in [1.82, 2.24) is 4.90 Å². The van der Waals surface area contributed by atoms with Gasteiger partial charge in [-0.2, -0.15) is 0 Å². The SMILES string of the molecule is CCN(CC)C(=C(C)C)c1ccco1. The molecule has 0 amide bonds. The van der Waals surface area contributed by atoms with E-state index in [1.165, 1.54) is 11.3 Å². The van der Waals surface area contributed by atoms with Crippen molar-refractivity contribution in [2.24, 2.45) is 0 Å². The van der Waals surface area contributed by atoms with Crippen LogP contribution in [-0.2, 0) is 0 Å². The number of furan rings is 1. The highest BCUT2D eigenvalue weighted by molar-refractivity contribution is 5.62. The van der Waals surface area contributed by atoms with Gasteiger partial charge in [0, 0.05) is 13.1 Å². The van der Waals surface area contributed by atoms with Gasteiger partial charge >= 0.3 is 0 Å². The molecule has 0 atom stereocenters. The first kappa shape index (κ1) is 10.9. The topological polar surface area (TPSA) is 16.4 Å². The number of rotatable bonds is 4. The lowest BCUT2D eigenvalue weighted by Crippen LogP contribution is -2.21. The third-order valence-electron chi connectivity index (χ3n) is 2.31. The van der Waals surface area contributed by atoms with Crippen LogP contribution in [-0.4, -0.2) is 18.0 Å². The van der Waals surface area contributed by atoms with E-state index in [0.717, 1.165) is 18.8 Å². The Labute approximate surface area is 86.2 Å². The van der Waals surface area contributed by atoms with Crippen LogP contribution in [0.2, 0.25) is 0 Å². The van der Waals surface area contributed by atoms with Gasteiger partial charge in [-0.25, -0.2) is 0 Å². The minimum absolute atomic E-state index is 0.966. The molecule has 0 aromatic carbocycles. The second-order valence-electron chi connectivity index (χ2n) is 3.50. The smallest absolute Gasteiger partial charge is 0.149 e. The van der Waals surface area contributed by atoms with E-state index in [1.807, 2.05) is 12.1 Å². The van der Waals surface area contributed by atoms with Gasteiger partial charge in [0.1, 0.15) is 5.76 Å². The van der Waals surface area contributed by atoms with Crippen molar-refractivity contribution in [3.63, 3.8) is 0 Å². The molecule has 0 radical (unpaired) electrons. The average molecular weight is 193 g/mol. The van der Waals surface area contributed by atoms with Gasteiger partial charge in [-0.3, -0.25) is 0 Å². The number of hydrogen-bond acceptors (Lipinski definition) is 2. The molecule has 0 aliphatic heterocycles. The fraction of sp³-hybridized carbons (Fsp3) is 0.500. The van der Waals surface area contributed by atoms with Gasteiger partial charge in [-0.15, -0.1) is 0 Å². The summed E-state index contributed by atoms with van der Waals surface area (Å²) in [5, 5.41) is 0. The Morgan fingerprint density at radius 3 is 2.29 bits per heavy atom. The predicted octanol–water partition coefficient (Wildman–Crippen LogP) is 3.37. The zero-order chi connectivity index (χ0) is 10.6. The summed E-state index contributed by atoms with van der Waals surface area (Å²) in [4.78, 5) is 2.31. The molecule has 0 aliphatic rings. The fourth-order valence-electron chi connectivity index (χ4n) is 1.67. The lowest BCUT2D eigenvalue weighted by atomic mass is 10.2. The molecule has 1 rings (SSSR count). The summed E-state index contributed by atoms with van der Waals surface area (Å²) in [7, 11) is 0. The predicted molar refractivity (Wildman–Crippen MR) is 59.9 cm³/mol. The summed E-state index contributed by atoms with van der Waals surface area (Å²) in [5.41, 5.74) is 2.52. The molecule has 2 nitrogen and oxygen atoms in total. The van der Waals surface area contributed by atoms with Crippen LogP contribution in [0.1, 0.15) is 33.5 Å². The third kappa shape index (κ3) is 2.19. The molecule has 0 N–H and O–H groups in total. The first-order chi connectivity index (χ1) is 6.70. The van der Waals surface area contributed by atoms with Gasteiger partial charge < -0.3 is 9.32 Å². The van der Waals surface area contributed by atoms with Crippen LogP contribution in [0, 0.1) is 0 Å². The normalized spacial score (nSPS) is 10.0. The fourth-order valence-corrected chi connectivity index (χ4v) is 1.67. The van der Waals surface area contributed by atoms with Gasteiger partial charge in [0.15, 0.2) is 0 Å². The summed E-state index contributed by atoms with van der Waals surface area (Å²) >= 11 is 0. The van der Waals surface area contributed by atoms with E-state index in [2.05, 4.69) is 32.6 Å². The van der Waals surface area contributed by atoms with Crippen molar-refractivity contribution in [1.29, 1.82) is 0 Å². The Balaban J connectivity index is 3.04. The van der Waals surface area contributed by atoms with E-state index in [-0.39, 0.29) is 0 Å². The summed E-state index contributed by atoms with van der Waals surface area (Å²) in [5.74, 6) is 0.966. The van der Waals surface area contributed by atoms with Crippen LogP contribution < -0.4 is 0 Å². The van der Waals surface area contributed by atoms with Crippen molar-refractivity contribution >= 4 is 5.70 Å². The summed E-state index contributed by atoms with van der Waals surface area (Å²) in [6.07, 6.45) is 1.72. The Morgan fingerprint density at radius 1 is 1.29 bits per heavy atom. The third-order valence-corrected chi connectivity index (χ3v) is 2.31. The number of hydrogen-bond donors (Lipinski definition) is 0. The maximum Gasteiger partial charge on any atom is 0.149 e. The highest BCUT2D eigenvalue weighted by atomic mass is 16.3. The molecule has 1 aromatic rings. The Bertz CT molecular complexity index is 290. The molecule has 1 aromatic heterocycles. The van der Waals surface area contributed by atoms with Crippen molar-refractivity contribution in [3.05, 3.63) is 29.7 Å². The van der Waals surface area contributed by atoms with Crippen LogP contribution in [0.3, 0.4) is 0 Å². The highest BCUT2D eigenvalue weighted by Gasteiger charge is 2.12. The minimum atomic E-state index is 0.966. The molecule has 0 bridgehead atoms. The maximum atomic E-state index is 5.44. The second-order valence-corrected chi connectivity index (χ2v) is 3.50. The van der Waals surface area contributed by atoms with Gasteiger partial charge in [0.05, 0.1) is 12.0 Å². The second kappa shape index (κ2) is 4.89. The molecular weight excluding hydrogens is 174 g/mol. The molecule has 0 unspecified atom stereocenters. The van der Waals surface area contributed by atoms with Crippen LogP contribution in [0.25, 0.3) is 5.70 Å². The lowest BCUT2D eigenvalue weighted by Gasteiger charge is -2.24. The molecule has 0 saturated carbocycles. The molecule has 1 heterocycles. The van der Waals surface area contributed by atoms with E-state index in [0.29, 0.717) is 0 Å². The lowest BCUT2D eigenvalue weighted by molar-refractivity contribution is 0.418. The van der Waals surface area contributed by atoms with Crippen molar-refractivity contribution in [2.75, 3.05) is 13.1 Å². The average Bonchev–Trinajstić information content (AvgIpc) is 2.65. The maximum absolute atomic E-state index is 5.44. The largest absolute Gasteiger partial charge is 0.463 e. The monoisotopic (exact) mass is 193 g/mol. The van der Waals surface area contributed by atoms with Gasteiger partial charge in [-0.05, 0) is 45.4 Å². The van der Waals surface area contributed by atoms with E-state index in [9.17, 15) is 0 Å². The van der Waals surface area contributed by atoms with E-state index in [4.69, 9.17) is 4.42 Å². The number of allylic oxidation sites excluding steroid dienone is 1. The Kier molecular flexibility index (Phi) is 3.81. The molecule has 0 aliphatic carbocycles. The van der Waals surface area contributed by atoms with Gasteiger partial charge in [-0.1, -0.05) is 0 Å². The molecule has 78 valence electrons. The zero-order valence-electron chi connectivity index (χ0n) is 9.50. The van der Waals surface area contributed by atoms with E-state index < -0.39 is 0 Å². The van der Waals surface area contributed by atoms with Crippen LogP contribution in [0.15, 0.2) is 28.4 Å². The molecule has 2 heteroatoms. The van der Waals surface area contributed by atoms with Crippen LogP contribution >= 0.6 is 0 Å². The quantitative estimate of drug-likeness (QED) is 0.729. The van der Waals surface area contributed by atoms with Crippen molar-refractivity contribution in [2.45, 2.75) is 27.7 Å². The summed E-state index contributed by atoms with van der Waals surface area (Å²) < 4.78 is 5.44. The standard InChI is InChI=1S/C12H19NO/c1-5-13(6-2)12(10(3)4)11-8-7-9-14-11/h7-9H,5-6H2,1-4H3. The summed E-state index contributed by atoms with van der Waals surface area (Å²) in [6.45, 7) is 10.6. The molecule has 0 saturated heterocycles. The minimum Gasteiger partial charge on any atom is -0.463 e. The first-order valence-electron chi connectivity index (χ1n) is 5.17. The highest BCUT2D eigenvalue weighted by Crippen LogP contribution is 2.22. The number of nitrogens with zero attached hydrogens (tertiary/aromatic N) is 1. The van der Waals surface area contributed by atoms with Gasteiger partial charge in [0.2, 0.25) is 0 Å². The van der Waals surface area contributed by atoms with Crippen LogP contribution in [0.4, 0.5) is 0 Å². The molecular formula is C12H19NO. The Morgan fingerprint density at radius 2 is 1.93 bits per heavy atom. The Hall–Kier alpha value is -1.18. The molecule has 14 heavy (non-hydrogen) atoms. The van der Waals surface area contributed by atoms with Crippen molar-refractivity contribution in [3.8, 4) is 0 Å². The van der Waals surface area contributed by atoms with E-state index in [1.54, 1.807) is 6.26 Å². The molecule has 0 fully saturated rings. The van der Waals surface area contributed by atoms with E-state index >= 15 is 0 Å². The van der Waals surface area contributed by atoms with Gasteiger partial charge in [0.25, 0.3) is 0 Å². The molecule has 0 spiro atoms. The summed E-state index contributed by atoms with van der Waals surface area (Å²) in [6, 6.07) is 3.95. The zero-order valence-corrected chi connectivity index (χ0v) is 9.50.